The molecule has 2 aromatic heterocycles. The van der Waals surface area contributed by atoms with Crippen LogP contribution in [-0.4, -0.2) is 33.8 Å². The number of benzene rings is 1. The predicted octanol–water partition coefficient (Wildman–Crippen LogP) is 4.54. The molecule has 1 aromatic carbocycles. The summed E-state index contributed by atoms with van der Waals surface area (Å²) in [6.07, 6.45) is 5.17. The van der Waals surface area contributed by atoms with Crippen molar-refractivity contribution in [2.75, 3.05) is 23.3 Å². The normalized spacial score (nSPS) is 14.3. The van der Waals surface area contributed by atoms with E-state index in [1.807, 2.05) is 44.2 Å². The Kier molecular flexibility index (Phi) is 6.66. The van der Waals surface area contributed by atoms with E-state index in [0.717, 1.165) is 54.6 Å². The van der Waals surface area contributed by atoms with Gasteiger partial charge in [-0.05, 0) is 56.4 Å². The molecule has 32 heavy (non-hydrogen) atoms. The van der Waals surface area contributed by atoms with Crippen LogP contribution >= 0.6 is 11.3 Å². The molecule has 1 aliphatic rings. The Labute approximate surface area is 192 Å². The van der Waals surface area contributed by atoms with Gasteiger partial charge in [-0.3, -0.25) is 10.1 Å². The largest absolute Gasteiger partial charge is 0.347 e. The zero-order valence-corrected chi connectivity index (χ0v) is 19.2. The summed E-state index contributed by atoms with van der Waals surface area (Å²) in [5.41, 5.74) is 4.18. The summed E-state index contributed by atoms with van der Waals surface area (Å²) in [5, 5.41) is 21.9. The molecular formula is C24H26N6OS. The van der Waals surface area contributed by atoms with Crippen LogP contribution in [0.15, 0.2) is 42.0 Å². The number of nitrogens with zero attached hydrogens (tertiary/aromatic N) is 5. The maximum absolute atomic E-state index is 12.7. The lowest BCUT2D eigenvalue weighted by Crippen LogP contribution is -2.29. The Morgan fingerprint density at radius 2 is 1.94 bits per heavy atom. The van der Waals surface area contributed by atoms with Crippen LogP contribution in [0.3, 0.4) is 0 Å². The molecule has 1 amide bonds. The van der Waals surface area contributed by atoms with Gasteiger partial charge < -0.3 is 9.47 Å². The number of aryl methyl sites for hydroxylation is 1. The second-order valence-electron chi connectivity index (χ2n) is 7.96. The van der Waals surface area contributed by atoms with Crippen molar-refractivity contribution >= 4 is 33.6 Å². The van der Waals surface area contributed by atoms with Crippen molar-refractivity contribution in [3.05, 3.63) is 64.5 Å². The van der Waals surface area contributed by atoms with E-state index in [1.54, 1.807) is 6.08 Å². The van der Waals surface area contributed by atoms with Gasteiger partial charge in [-0.1, -0.05) is 41.7 Å². The van der Waals surface area contributed by atoms with Crippen molar-refractivity contribution < 1.29 is 4.79 Å². The molecule has 3 aromatic rings. The number of rotatable bonds is 6. The first kappa shape index (κ1) is 21.8. The van der Waals surface area contributed by atoms with Crippen molar-refractivity contribution in [3.63, 3.8) is 0 Å². The van der Waals surface area contributed by atoms with Crippen molar-refractivity contribution in [2.45, 2.75) is 39.7 Å². The van der Waals surface area contributed by atoms with Crippen LogP contribution in [0.4, 0.5) is 10.3 Å². The Balaban J connectivity index is 1.49. The number of hydrogen-bond donors (Lipinski definition) is 1. The van der Waals surface area contributed by atoms with E-state index >= 15 is 0 Å². The summed E-state index contributed by atoms with van der Waals surface area (Å²) in [5.74, 6) is -0.471. The number of aromatic nitrogens is 3. The number of hydrogen-bond acceptors (Lipinski definition) is 6. The highest BCUT2D eigenvalue weighted by Crippen LogP contribution is 2.27. The molecule has 0 spiro atoms. The monoisotopic (exact) mass is 446 g/mol. The van der Waals surface area contributed by atoms with E-state index in [2.05, 4.69) is 37.1 Å². The third-order valence-electron chi connectivity index (χ3n) is 5.72. The van der Waals surface area contributed by atoms with E-state index in [9.17, 15) is 10.1 Å². The molecule has 0 unspecified atom stereocenters. The molecular weight excluding hydrogens is 420 g/mol. The van der Waals surface area contributed by atoms with E-state index < -0.39 is 5.91 Å². The lowest BCUT2D eigenvalue weighted by Gasteiger charge is -2.25. The summed E-state index contributed by atoms with van der Waals surface area (Å²) in [6, 6.07) is 14.2. The summed E-state index contributed by atoms with van der Waals surface area (Å²) < 4.78 is 2.18. The number of anilines is 2. The highest BCUT2D eigenvalue weighted by Gasteiger charge is 2.18. The van der Waals surface area contributed by atoms with Gasteiger partial charge in [0, 0.05) is 31.0 Å². The number of piperidine rings is 1. The molecule has 3 heterocycles. The topological polar surface area (TPSA) is 86.8 Å². The minimum atomic E-state index is -0.471. The van der Waals surface area contributed by atoms with Crippen LogP contribution in [-0.2, 0) is 11.3 Å². The Bertz CT molecular complexity index is 1170. The average Bonchev–Trinajstić information content (AvgIpc) is 3.38. The molecule has 8 heteroatoms. The molecule has 7 nitrogen and oxygen atoms in total. The number of carbonyl (C=O) groups excluding carboxylic acids is 1. The molecule has 0 bridgehead atoms. The molecule has 0 saturated carbocycles. The quantitative estimate of drug-likeness (QED) is 0.444. The Hall–Kier alpha value is -3.44. The van der Waals surface area contributed by atoms with Crippen LogP contribution in [0.5, 0.6) is 0 Å². The summed E-state index contributed by atoms with van der Waals surface area (Å²) >= 11 is 1.34. The Morgan fingerprint density at radius 1 is 1.19 bits per heavy atom. The fourth-order valence-electron chi connectivity index (χ4n) is 3.93. The fraction of sp³-hybridized carbons (Fsp3) is 0.333. The van der Waals surface area contributed by atoms with Crippen molar-refractivity contribution in [1.29, 1.82) is 5.26 Å². The highest BCUT2D eigenvalue weighted by atomic mass is 32.1. The minimum absolute atomic E-state index is 0.0414. The van der Waals surface area contributed by atoms with E-state index in [-0.39, 0.29) is 5.57 Å². The van der Waals surface area contributed by atoms with Crippen LogP contribution in [0, 0.1) is 25.2 Å². The first-order chi connectivity index (χ1) is 15.5. The minimum Gasteiger partial charge on any atom is -0.347 e. The summed E-state index contributed by atoms with van der Waals surface area (Å²) in [7, 11) is 0. The molecule has 0 aliphatic carbocycles. The maximum Gasteiger partial charge on any atom is 0.268 e. The molecule has 1 fully saturated rings. The van der Waals surface area contributed by atoms with Gasteiger partial charge in [0.05, 0.1) is 0 Å². The zero-order valence-electron chi connectivity index (χ0n) is 18.3. The smallest absolute Gasteiger partial charge is 0.268 e. The van der Waals surface area contributed by atoms with Crippen LogP contribution in [0.1, 0.15) is 41.8 Å². The second-order valence-corrected chi connectivity index (χ2v) is 8.92. The summed E-state index contributed by atoms with van der Waals surface area (Å²) in [4.78, 5) is 14.9. The van der Waals surface area contributed by atoms with Gasteiger partial charge in [0.25, 0.3) is 5.91 Å². The van der Waals surface area contributed by atoms with Gasteiger partial charge in [0.1, 0.15) is 11.6 Å². The molecule has 1 N–H and O–H groups in total. The number of amides is 1. The number of carbonyl (C=O) groups is 1. The second kappa shape index (κ2) is 9.79. The molecule has 4 rings (SSSR count). The van der Waals surface area contributed by atoms with E-state index in [0.29, 0.717) is 5.13 Å². The highest BCUT2D eigenvalue weighted by molar-refractivity contribution is 7.19. The lowest BCUT2D eigenvalue weighted by molar-refractivity contribution is -0.112. The fourth-order valence-corrected chi connectivity index (χ4v) is 4.72. The van der Waals surface area contributed by atoms with E-state index in [4.69, 9.17) is 0 Å². The average molecular weight is 447 g/mol. The van der Waals surface area contributed by atoms with E-state index in [1.165, 1.54) is 23.3 Å². The third-order valence-corrected chi connectivity index (χ3v) is 6.62. The van der Waals surface area contributed by atoms with Crippen molar-refractivity contribution in [1.82, 2.24) is 14.8 Å². The molecule has 1 saturated heterocycles. The number of nitriles is 1. The maximum atomic E-state index is 12.7. The molecule has 0 atom stereocenters. The van der Waals surface area contributed by atoms with Gasteiger partial charge in [-0.25, -0.2) is 0 Å². The van der Waals surface area contributed by atoms with Crippen LogP contribution in [0.2, 0.25) is 0 Å². The van der Waals surface area contributed by atoms with Gasteiger partial charge in [0.15, 0.2) is 0 Å². The first-order valence-electron chi connectivity index (χ1n) is 10.8. The SMILES string of the molecule is Cc1cc(/C=C(/C#N)C(=O)Nc2nnc(N3CCCCC3)s2)c(C)n1Cc1ccccc1. The standard InChI is InChI=1S/C24H26N6OS/c1-17-13-20(18(2)30(17)16-19-9-5-3-6-10-19)14-21(15-25)22(31)26-23-27-28-24(32-23)29-11-7-4-8-12-29/h3,5-6,9-10,13-14H,4,7-8,11-12,16H2,1-2H3,(H,26,27,31)/b21-14-. The zero-order chi connectivity index (χ0) is 22.5. The Morgan fingerprint density at radius 3 is 2.66 bits per heavy atom. The lowest BCUT2D eigenvalue weighted by atomic mass is 10.1. The van der Waals surface area contributed by atoms with Crippen LogP contribution in [0.25, 0.3) is 6.08 Å². The third kappa shape index (κ3) is 4.89. The molecule has 1 aliphatic heterocycles. The van der Waals surface area contributed by atoms with Gasteiger partial charge in [-0.2, -0.15) is 5.26 Å². The molecule has 0 radical (unpaired) electrons. The van der Waals surface area contributed by atoms with Gasteiger partial charge >= 0.3 is 0 Å². The predicted molar refractivity (Wildman–Crippen MR) is 128 cm³/mol. The summed E-state index contributed by atoms with van der Waals surface area (Å²) in [6.45, 7) is 6.70. The van der Waals surface area contributed by atoms with Crippen molar-refractivity contribution in [2.24, 2.45) is 0 Å². The van der Waals surface area contributed by atoms with Crippen molar-refractivity contribution in [3.8, 4) is 6.07 Å². The van der Waals surface area contributed by atoms with Gasteiger partial charge in [0.2, 0.25) is 10.3 Å². The van der Waals surface area contributed by atoms with Gasteiger partial charge in [-0.15, -0.1) is 10.2 Å². The first-order valence-corrected chi connectivity index (χ1v) is 11.6. The number of nitrogens with one attached hydrogen (secondary N) is 1. The van der Waals surface area contributed by atoms with Crippen LogP contribution < -0.4 is 10.2 Å². The molecule has 164 valence electrons.